The lowest BCUT2D eigenvalue weighted by Gasteiger charge is -2.43. The minimum absolute atomic E-state index is 0.0767. The third-order valence-corrected chi connectivity index (χ3v) is 6.04. The van der Waals surface area contributed by atoms with Crippen LogP contribution < -0.4 is 0 Å². The highest BCUT2D eigenvalue weighted by Crippen LogP contribution is 2.34. The minimum Gasteiger partial charge on any atom is -0.460 e. The summed E-state index contributed by atoms with van der Waals surface area (Å²) in [6.45, 7) is 17.3. The van der Waals surface area contributed by atoms with Gasteiger partial charge >= 0.3 is 18.0 Å². The summed E-state index contributed by atoms with van der Waals surface area (Å²) >= 11 is 0. The molecule has 0 saturated carbocycles. The molecule has 6 atom stereocenters. The molecule has 0 aromatic carbocycles. The van der Waals surface area contributed by atoms with Gasteiger partial charge in [0.2, 0.25) is 0 Å². The van der Waals surface area contributed by atoms with E-state index in [4.69, 9.17) is 14.2 Å². The lowest BCUT2D eigenvalue weighted by Crippen LogP contribution is -2.57. The average Bonchev–Trinajstić information content (AvgIpc) is 3.33. The highest BCUT2D eigenvalue weighted by molar-refractivity contribution is 5.73. The van der Waals surface area contributed by atoms with E-state index < -0.39 is 36.0 Å². The van der Waals surface area contributed by atoms with E-state index in [1.54, 1.807) is 4.90 Å². The Morgan fingerprint density at radius 3 is 1.69 bits per heavy atom. The van der Waals surface area contributed by atoms with Crippen LogP contribution in [0.5, 0.6) is 0 Å². The van der Waals surface area contributed by atoms with Crippen molar-refractivity contribution >= 4 is 18.0 Å². The molecule has 2 saturated heterocycles. The first-order valence-corrected chi connectivity index (χ1v) is 11.6. The summed E-state index contributed by atoms with van der Waals surface area (Å²) in [5.41, 5.74) is -0.711. The van der Waals surface area contributed by atoms with E-state index in [0.29, 0.717) is 38.5 Å². The van der Waals surface area contributed by atoms with Crippen molar-refractivity contribution in [3.63, 3.8) is 0 Å². The number of ether oxygens (including phenoxy) is 3. The maximum Gasteiger partial charge on any atom is 0.411 e. The number of carbonyl (C=O) groups excluding carboxylic acids is 3. The zero-order valence-electron chi connectivity index (χ0n) is 20.2. The molecule has 1 amide bonds. The van der Waals surface area contributed by atoms with Gasteiger partial charge in [-0.15, -0.1) is 13.2 Å². The van der Waals surface area contributed by atoms with Gasteiger partial charge in [-0.3, -0.25) is 14.5 Å². The number of nitrogens with zero attached hydrogens (tertiary/aromatic N) is 1. The smallest absolute Gasteiger partial charge is 0.411 e. The van der Waals surface area contributed by atoms with Crippen LogP contribution in [0.1, 0.15) is 73.1 Å². The molecule has 0 aliphatic carbocycles. The Hall–Kier alpha value is -2.31. The summed E-state index contributed by atoms with van der Waals surface area (Å²) in [4.78, 5) is 39.3. The summed E-state index contributed by atoms with van der Waals surface area (Å²) in [6, 6.07) is -0.851. The number of hydrogen-bond donors (Lipinski definition) is 0. The van der Waals surface area contributed by atoms with Crippen LogP contribution >= 0.6 is 0 Å². The molecule has 2 fully saturated rings. The predicted octanol–water partition coefficient (Wildman–Crippen LogP) is 4.80. The van der Waals surface area contributed by atoms with E-state index in [1.165, 1.54) is 0 Å². The van der Waals surface area contributed by atoms with Gasteiger partial charge in [-0.2, -0.15) is 0 Å². The van der Waals surface area contributed by atoms with E-state index in [9.17, 15) is 14.4 Å². The zero-order chi connectivity index (χ0) is 24.1. The van der Waals surface area contributed by atoms with Crippen molar-refractivity contribution in [1.82, 2.24) is 4.90 Å². The Kier molecular flexibility index (Phi) is 8.93. The molecule has 32 heavy (non-hydrogen) atoms. The van der Waals surface area contributed by atoms with Gasteiger partial charge < -0.3 is 14.2 Å². The Morgan fingerprint density at radius 2 is 1.41 bits per heavy atom. The van der Waals surface area contributed by atoms with Gasteiger partial charge in [-0.1, -0.05) is 26.0 Å². The van der Waals surface area contributed by atoms with Gasteiger partial charge in [-0.25, -0.2) is 4.79 Å². The molecule has 7 heteroatoms. The van der Waals surface area contributed by atoms with E-state index in [2.05, 4.69) is 13.2 Å². The normalized spacial score (nSPS) is 24.7. The molecule has 0 aromatic rings. The van der Waals surface area contributed by atoms with Crippen molar-refractivity contribution in [2.24, 2.45) is 11.8 Å². The topological polar surface area (TPSA) is 82.1 Å². The predicted molar refractivity (Wildman–Crippen MR) is 122 cm³/mol. The van der Waals surface area contributed by atoms with Crippen molar-refractivity contribution in [3.8, 4) is 0 Å². The number of amides is 1. The fraction of sp³-hybridized carbons (Fsp3) is 0.720. The molecule has 2 rings (SSSR count). The minimum atomic E-state index is -0.711. The Labute approximate surface area is 192 Å². The Morgan fingerprint density at radius 1 is 1.00 bits per heavy atom. The maximum absolute atomic E-state index is 13.6. The van der Waals surface area contributed by atoms with Crippen LogP contribution in [0.3, 0.4) is 0 Å². The lowest BCUT2D eigenvalue weighted by molar-refractivity contribution is -0.147. The average molecular weight is 450 g/mol. The van der Waals surface area contributed by atoms with Crippen molar-refractivity contribution in [3.05, 3.63) is 25.3 Å². The van der Waals surface area contributed by atoms with Gasteiger partial charge in [0.05, 0.1) is 12.1 Å². The summed E-state index contributed by atoms with van der Waals surface area (Å²) in [7, 11) is 0. The summed E-state index contributed by atoms with van der Waals surface area (Å²) in [5, 5.41) is 0. The standard InChI is InChI=1S/C25H39NO6/c1-8-16(3)14-18(20-10-12-22(27)30-20)26(24(29)32-25(5,6)7)19(15-17(4)9-2)21-11-13-23(28)31-21/h8-9,16-21H,1-2,10-15H2,3-7H3/t16?,17?,18?,19?,20-,21-/m0/s1. The second kappa shape index (κ2) is 11.0. The highest BCUT2D eigenvalue weighted by atomic mass is 16.6. The van der Waals surface area contributed by atoms with Crippen LogP contribution in [0.25, 0.3) is 0 Å². The van der Waals surface area contributed by atoms with Crippen molar-refractivity contribution in [2.45, 2.75) is 103 Å². The van der Waals surface area contributed by atoms with Crippen molar-refractivity contribution in [2.75, 3.05) is 0 Å². The molecular weight excluding hydrogens is 410 g/mol. The third kappa shape index (κ3) is 7.10. The van der Waals surface area contributed by atoms with Crippen LogP contribution in [0.15, 0.2) is 25.3 Å². The molecule has 0 bridgehead atoms. The third-order valence-electron chi connectivity index (χ3n) is 6.04. The molecule has 180 valence electrons. The summed E-state index contributed by atoms with van der Waals surface area (Å²) in [5.74, 6) is -0.377. The van der Waals surface area contributed by atoms with Gasteiger partial charge in [0.1, 0.15) is 17.8 Å². The number of rotatable bonds is 10. The second-order valence-electron chi connectivity index (χ2n) is 10.1. The fourth-order valence-electron chi connectivity index (χ4n) is 4.31. The fourth-order valence-corrected chi connectivity index (χ4v) is 4.31. The molecule has 0 radical (unpaired) electrons. The molecule has 2 aliphatic heterocycles. The highest BCUT2D eigenvalue weighted by Gasteiger charge is 2.46. The summed E-state index contributed by atoms with van der Waals surface area (Å²) < 4.78 is 17.1. The van der Waals surface area contributed by atoms with E-state index >= 15 is 0 Å². The first-order valence-electron chi connectivity index (χ1n) is 11.6. The number of cyclic esters (lactones) is 2. The Balaban J connectivity index is 2.52. The first kappa shape index (κ1) is 25.9. The van der Waals surface area contributed by atoms with E-state index in [1.807, 2.05) is 46.8 Å². The number of esters is 2. The molecule has 0 aromatic heterocycles. The molecule has 0 N–H and O–H groups in total. The van der Waals surface area contributed by atoms with Crippen LogP contribution in [0, 0.1) is 11.8 Å². The molecule has 2 heterocycles. The zero-order valence-corrected chi connectivity index (χ0v) is 20.2. The monoisotopic (exact) mass is 449 g/mol. The van der Waals surface area contributed by atoms with E-state index in [0.717, 1.165) is 0 Å². The first-order chi connectivity index (χ1) is 14.9. The molecular formula is C25H39NO6. The molecule has 4 unspecified atom stereocenters. The van der Waals surface area contributed by atoms with Crippen LogP contribution in [0.4, 0.5) is 4.79 Å². The quantitative estimate of drug-likeness (QED) is 0.271. The molecule has 7 nitrogen and oxygen atoms in total. The van der Waals surface area contributed by atoms with Crippen LogP contribution in [0.2, 0.25) is 0 Å². The van der Waals surface area contributed by atoms with E-state index in [-0.39, 0.29) is 23.8 Å². The number of hydrogen-bond acceptors (Lipinski definition) is 6. The summed E-state index contributed by atoms with van der Waals surface area (Å²) in [6.07, 6.45) is 5.07. The van der Waals surface area contributed by atoms with Gasteiger partial charge in [0.15, 0.2) is 0 Å². The molecule has 2 aliphatic rings. The van der Waals surface area contributed by atoms with Gasteiger partial charge in [-0.05, 0) is 58.3 Å². The number of carbonyl (C=O) groups is 3. The lowest BCUT2D eigenvalue weighted by atomic mass is 9.89. The maximum atomic E-state index is 13.6. The SMILES string of the molecule is C=CC(C)CC([C@@H]1CCC(=O)O1)N(C(=O)OC(C)(C)C)C(CC(C)C=C)[C@@H]1CCC(=O)O1. The van der Waals surface area contributed by atoms with Gasteiger partial charge in [0.25, 0.3) is 0 Å². The molecule has 0 spiro atoms. The second-order valence-corrected chi connectivity index (χ2v) is 10.1. The van der Waals surface area contributed by atoms with Crippen LogP contribution in [-0.4, -0.2) is 52.8 Å². The number of allylic oxidation sites excluding steroid dienone is 2. The van der Waals surface area contributed by atoms with Gasteiger partial charge in [0, 0.05) is 12.8 Å². The Bertz CT molecular complexity index is 666. The van der Waals surface area contributed by atoms with Crippen molar-refractivity contribution < 1.29 is 28.6 Å². The largest absolute Gasteiger partial charge is 0.460 e. The van der Waals surface area contributed by atoms with Crippen molar-refractivity contribution in [1.29, 1.82) is 0 Å². The van der Waals surface area contributed by atoms with Crippen LogP contribution in [-0.2, 0) is 23.8 Å².